The van der Waals surface area contributed by atoms with Gasteiger partial charge < -0.3 is 135 Å². The molecule has 0 radical (unpaired) electrons. The van der Waals surface area contributed by atoms with Crippen LogP contribution in [0.1, 0.15) is 13.8 Å². The SMILES string of the molecule is CC(=O)N[C@H]1[C@H](O[C@@H]2[C@H](O)[C@H](O[C@H]3[C@H](O)[C@@H](O)[C@H](O)O[C@@H]3CO)O[C@H](CO)[C@H]2O)O[C@H](COP(=O)(O)OCCN)[C@@H](O[C@@H]2O[C@H](CO)[C@H](O)[C@H](O[C@@H]3O[C@H](CO)[C@H](O)[C@H](O)[C@H]3O)[C@H]2NC(C)=O)[C@@H]1O. The van der Waals surface area contributed by atoms with Crippen molar-refractivity contribution in [1.82, 2.24) is 10.6 Å². The third kappa shape index (κ3) is 13.6. The maximum atomic E-state index is 12.9. The van der Waals surface area contributed by atoms with Crippen LogP contribution in [0.3, 0.4) is 0 Å². The van der Waals surface area contributed by atoms with Crippen molar-refractivity contribution in [3.05, 3.63) is 0 Å². The molecule has 5 heterocycles. The minimum atomic E-state index is -5.04. The predicted molar refractivity (Wildman–Crippen MR) is 213 cm³/mol. The first-order valence-electron chi connectivity index (χ1n) is 21.5. The Balaban J connectivity index is 1.50. The number of aliphatic hydroxyl groups excluding tert-OH is 14. The topological polar surface area (TPSA) is 506 Å². The van der Waals surface area contributed by atoms with Gasteiger partial charge in [-0.05, 0) is 0 Å². The summed E-state index contributed by atoms with van der Waals surface area (Å²) >= 11 is 0. The van der Waals surface area contributed by atoms with Gasteiger partial charge in [-0.25, -0.2) is 4.57 Å². The van der Waals surface area contributed by atoms with E-state index in [0.29, 0.717) is 0 Å². The van der Waals surface area contributed by atoms with E-state index in [0.717, 1.165) is 13.8 Å². The molecule has 0 bridgehead atoms. The first-order valence-corrected chi connectivity index (χ1v) is 23.0. The molecule has 26 atom stereocenters. The molecule has 1 unspecified atom stereocenters. The predicted octanol–water partition coefficient (Wildman–Crippen LogP) is -11.5. The summed E-state index contributed by atoms with van der Waals surface area (Å²) in [4.78, 5) is 35.8. The molecule has 5 saturated heterocycles. The first kappa shape index (κ1) is 58.0. The van der Waals surface area contributed by atoms with Gasteiger partial charge in [0.15, 0.2) is 31.5 Å². The van der Waals surface area contributed by atoms with Crippen molar-refractivity contribution in [1.29, 1.82) is 0 Å². The molecule has 5 aliphatic rings. The summed E-state index contributed by atoms with van der Waals surface area (Å²) in [5.41, 5.74) is 5.39. The molecule has 0 saturated carbocycles. The molecule has 0 aromatic rings. The number of amides is 2. The van der Waals surface area contributed by atoms with E-state index in [9.17, 15) is 90.5 Å². The Kier molecular flexibility index (Phi) is 21.3. The number of aliphatic hydroxyl groups is 14. The highest BCUT2D eigenvalue weighted by Crippen LogP contribution is 2.44. The lowest BCUT2D eigenvalue weighted by molar-refractivity contribution is -0.380. The molecule has 69 heavy (non-hydrogen) atoms. The van der Waals surface area contributed by atoms with Crippen LogP contribution in [0.4, 0.5) is 0 Å². The fourth-order valence-electron chi connectivity index (χ4n) is 8.19. The molecular formula is C36H64N3O29P. The smallest absolute Gasteiger partial charge is 0.394 e. The number of nitrogens with one attached hydrogen (secondary N) is 2. The van der Waals surface area contributed by atoms with E-state index < -0.39 is 213 Å². The Morgan fingerprint density at radius 2 is 0.942 bits per heavy atom. The number of ether oxygens (including phenoxy) is 9. The van der Waals surface area contributed by atoms with E-state index in [1.807, 2.05) is 0 Å². The van der Waals surface area contributed by atoms with Crippen molar-refractivity contribution >= 4 is 19.6 Å². The minimum absolute atomic E-state index is 0.258. The molecular weight excluding hydrogens is 969 g/mol. The zero-order valence-corrected chi connectivity index (χ0v) is 37.7. The lowest BCUT2D eigenvalue weighted by atomic mass is 9.93. The molecule has 0 spiro atoms. The van der Waals surface area contributed by atoms with Crippen molar-refractivity contribution in [2.75, 3.05) is 46.2 Å². The summed E-state index contributed by atoms with van der Waals surface area (Å²) < 4.78 is 74.3. The monoisotopic (exact) mass is 1030 g/mol. The van der Waals surface area contributed by atoms with E-state index in [1.165, 1.54) is 0 Å². The van der Waals surface area contributed by atoms with E-state index in [2.05, 4.69) is 10.6 Å². The number of carbonyl (C=O) groups is 2. The van der Waals surface area contributed by atoms with Gasteiger partial charge in [-0.15, -0.1) is 0 Å². The zero-order chi connectivity index (χ0) is 51.2. The van der Waals surface area contributed by atoms with Crippen molar-refractivity contribution in [2.45, 2.75) is 167 Å². The van der Waals surface area contributed by atoms with Crippen LogP contribution in [0.5, 0.6) is 0 Å². The normalized spacial score (nSPS) is 46.1. The van der Waals surface area contributed by atoms with Crippen LogP contribution >= 0.6 is 7.82 Å². The van der Waals surface area contributed by atoms with Crippen LogP contribution in [0.15, 0.2) is 0 Å². The summed E-state index contributed by atoms with van der Waals surface area (Å²) in [6.07, 6.45) is -44.3. The van der Waals surface area contributed by atoms with Gasteiger partial charge in [0.1, 0.15) is 122 Å². The summed E-state index contributed by atoms with van der Waals surface area (Å²) in [5.74, 6) is -1.76. The largest absolute Gasteiger partial charge is 0.472 e. The fraction of sp³-hybridized carbons (Fsp3) is 0.944. The van der Waals surface area contributed by atoms with Crippen molar-refractivity contribution in [3.63, 3.8) is 0 Å². The Hall–Kier alpha value is -1.91. The zero-order valence-electron chi connectivity index (χ0n) is 36.8. The van der Waals surface area contributed by atoms with Crippen LogP contribution < -0.4 is 16.4 Å². The molecule has 19 N–H and O–H groups in total. The van der Waals surface area contributed by atoms with E-state index in [-0.39, 0.29) is 6.54 Å². The third-order valence-electron chi connectivity index (χ3n) is 11.7. The molecule has 33 heteroatoms. The minimum Gasteiger partial charge on any atom is -0.394 e. The maximum Gasteiger partial charge on any atom is 0.472 e. The second kappa shape index (κ2) is 25.4. The lowest BCUT2D eigenvalue weighted by Crippen LogP contribution is -2.71. The van der Waals surface area contributed by atoms with Gasteiger partial charge in [0, 0.05) is 20.4 Å². The quantitative estimate of drug-likeness (QED) is 0.0504. The summed E-state index contributed by atoms with van der Waals surface area (Å²) in [5, 5.41) is 153. The standard InChI is InChI=1S/C36H64N3O29P/c1-10(44)38-17-22(49)29(65-34-18(39-11(2)45)30(20(47)13(6-41)61-34)67-35-26(53)23(50)19(46)12(5-40)62-35)16(9-59-69(56,57)58-4-3-37)64-33(17)68-31-21(48)14(7-42)63-36(27(31)54)66-28-15(8-43)60-32(55)25(52)24(28)51/h12-36,40-43,46-55H,3-9,37H2,1-2H3,(H,38,44)(H,39,45)(H,56,57)/t12-,13-,14-,15-,16-,17-,18-,19+,20+,21-,22-,23+,24-,25-,26-,27+,28-,29-,30-,31+,32-,33+,34+,35+,36+/m1/s1. The van der Waals surface area contributed by atoms with Gasteiger partial charge in [0.25, 0.3) is 0 Å². The Morgan fingerprint density at radius 3 is 1.51 bits per heavy atom. The summed E-state index contributed by atoms with van der Waals surface area (Å²) in [7, 11) is -5.04. The number of carbonyl (C=O) groups excluding carboxylic acids is 2. The highest BCUT2D eigenvalue weighted by Gasteiger charge is 2.57. The van der Waals surface area contributed by atoms with Gasteiger partial charge >= 0.3 is 7.82 Å². The van der Waals surface area contributed by atoms with Gasteiger partial charge in [-0.3, -0.25) is 18.6 Å². The van der Waals surface area contributed by atoms with Crippen LogP contribution in [0, 0.1) is 0 Å². The molecule has 0 aromatic carbocycles. The number of phosphoric acid groups is 1. The average molecular weight is 1030 g/mol. The fourth-order valence-corrected chi connectivity index (χ4v) is 8.94. The maximum absolute atomic E-state index is 12.9. The molecule has 5 aliphatic heterocycles. The second-order valence-electron chi connectivity index (χ2n) is 16.6. The van der Waals surface area contributed by atoms with Gasteiger partial charge in [-0.2, -0.15) is 0 Å². The number of hydrogen-bond donors (Lipinski definition) is 18. The molecule has 402 valence electrons. The number of nitrogens with two attached hydrogens (primary N) is 1. The first-order chi connectivity index (χ1) is 32.5. The van der Waals surface area contributed by atoms with Crippen LogP contribution in [-0.4, -0.2) is 288 Å². The number of rotatable bonds is 20. The highest BCUT2D eigenvalue weighted by molar-refractivity contribution is 7.47. The Bertz CT molecular complexity index is 1680. The van der Waals surface area contributed by atoms with Crippen LogP contribution in [-0.2, 0) is 65.8 Å². The van der Waals surface area contributed by atoms with Gasteiger partial charge in [0.05, 0.1) is 39.6 Å². The van der Waals surface area contributed by atoms with E-state index in [4.69, 9.17) is 57.4 Å². The van der Waals surface area contributed by atoms with E-state index >= 15 is 0 Å². The van der Waals surface area contributed by atoms with Gasteiger partial charge in [-0.1, -0.05) is 0 Å². The molecule has 0 aromatic heterocycles. The van der Waals surface area contributed by atoms with Crippen LogP contribution in [0.2, 0.25) is 0 Å². The van der Waals surface area contributed by atoms with E-state index in [1.54, 1.807) is 0 Å². The summed E-state index contributed by atoms with van der Waals surface area (Å²) in [6, 6.07) is -3.64. The molecule has 5 fully saturated rings. The molecule has 32 nitrogen and oxygen atoms in total. The Labute approximate surface area is 391 Å². The third-order valence-corrected chi connectivity index (χ3v) is 12.7. The van der Waals surface area contributed by atoms with Crippen molar-refractivity contribution in [3.8, 4) is 0 Å². The molecule has 5 rings (SSSR count). The van der Waals surface area contributed by atoms with Crippen LogP contribution in [0.25, 0.3) is 0 Å². The summed E-state index contributed by atoms with van der Waals surface area (Å²) in [6.45, 7) is -3.74. The lowest BCUT2D eigenvalue weighted by Gasteiger charge is -2.51. The van der Waals surface area contributed by atoms with Crippen molar-refractivity contribution < 1.29 is 142 Å². The van der Waals surface area contributed by atoms with Crippen molar-refractivity contribution in [2.24, 2.45) is 5.73 Å². The second-order valence-corrected chi connectivity index (χ2v) is 18.1. The Morgan fingerprint density at radius 1 is 0.493 bits per heavy atom. The highest BCUT2D eigenvalue weighted by atomic mass is 31.2. The molecule has 2 amide bonds. The van der Waals surface area contributed by atoms with Gasteiger partial charge in [0.2, 0.25) is 11.8 Å². The molecule has 0 aliphatic carbocycles. The number of hydrogen-bond acceptors (Lipinski definition) is 29. The number of phosphoric ester groups is 1. The average Bonchev–Trinajstić information content (AvgIpc) is 3.30.